The molecule has 1 aromatic heterocycles. The lowest BCUT2D eigenvalue weighted by atomic mass is 9.98. The summed E-state index contributed by atoms with van der Waals surface area (Å²) in [6, 6.07) is 15.3. The second-order valence-corrected chi connectivity index (χ2v) is 6.49. The highest BCUT2D eigenvalue weighted by Gasteiger charge is 2.19. The van der Waals surface area contributed by atoms with Gasteiger partial charge in [-0.15, -0.1) is 0 Å². The summed E-state index contributed by atoms with van der Waals surface area (Å²) in [7, 11) is 0. The number of aromatic nitrogens is 1. The van der Waals surface area contributed by atoms with Crippen molar-refractivity contribution >= 4 is 22.4 Å². The van der Waals surface area contributed by atoms with E-state index in [9.17, 15) is 4.79 Å². The third-order valence-electron chi connectivity index (χ3n) is 4.51. The van der Waals surface area contributed by atoms with E-state index in [2.05, 4.69) is 17.2 Å². The smallest absolute Gasteiger partial charge is 0.233 e. The average molecular weight is 363 g/mol. The number of anilines is 1. The number of nitrogens with one attached hydrogen (secondary N) is 1. The van der Waals surface area contributed by atoms with E-state index < -0.39 is 5.92 Å². The minimum Gasteiger partial charge on any atom is -0.494 e. The lowest BCUT2D eigenvalue weighted by Gasteiger charge is -2.16. The highest BCUT2D eigenvalue weighted by molar-refractivity contribution is 5.98. The maximum absolute atomic E-state index is 12.7. The molecule has 0 radical (unpaired) electrons. The molecule has 0 aliphatic heterocycles. The average Bonchev–Trinajstić information content (AvgIpc) is 2.70. The SMILES string of the molecule is CCCCOc1ccc(C(CN)C(=O)Nc2ccc3cnccc3c2)cc1. The number of hydrogen-bond donors (Lipinski definition) is 2. The van der Waals surface area contributed by atoms with Crippen LogP contribution in [0, 0.1) is 0 Å². The van der Waals surface area contributed by atoms with Crippen molar-refractivity contribution in [2.24, 2.45) is 5.73 Å². The predicted octanol–water partition coefficient (Wildman–Crippen LogP) is 4.09. The molecule has 3 aromatic rings. The Hall–Kier alpha value is -2.92. The quantitative estimate of drug-likeness (QED) is 0.591. The third-order valence-corrected chi connectivity index (χ3v) is 4.51. The van der Waals surface area contributed by atoms with Gasteiger partial charge in [-0.3, -0.25) is 9.78 Å². The van der Waals surface area contributed by atoms with Crippen LogP contribution in [0.4, 0.5) is 5.69 Å². The molecule has 0 bridgehead atoms. The second kappa shape index (κ2) is 9.14. The Bertz CT molecular complexity index is 893. The highest BCUT2D eigenvalue weighted by Crippen LogP contribution is 2.23. The van der Waals surface area contributed by atoms with Crippen molar-refractivity contribution in [2.75, 3.05) is 18.5 Å². The molecule has 1 unspecified atom stereocenters. The van der Waals surface area contributed by atoms with Crippen molar-refractivity contribution in [2.45, 2.75) is 25.7 Å². The number of unbranched alkanes of at least 4 members (excludes halogenated alkanes) is 1. The Kier molecular flexibility index (Phi) is 6.39. The zero-order valence-electron chi connectivity index (χ0n) is 15.5. The van der Waals surface area contributed by atoms with Gasteiger partial charge in [-0.2, -0.15) is 0 Å². The summed E-state index contributed by atoms with van der Waals surface area (Å²) in [5.74, 6) is 0.278. The van der Waals surface area contributed by atoms with Crippen LogP contribution in [0.25, 0.3) is 10.8 Å². The number of benzene rings is 2. The van der Waals surface area contributed by atoms with Crippen molar-refractivity contribution in [3.05, 3.63) is 66.5 Å². The van der Waals surface area contributed by atoms with Crippen LogP contribution in [-0.4, -0.2) is 24.0 Å². The molecule has 1 atom stereocenters. The molecule has 2 aromatic carbocycles. The van der Waals surface area contributed by atoms with Gasteiger partial charge in [0.2, 0.25) is 5.91 Å². The minimum atomic E-state index is -0.414. The van der Waals surface area contributed by atoms with Gasteiger partial charge in [0, 0.05) is 30.0 Å². The van der Waals surface area contributed by atoms with Crippen LogP contribution in [0.2, 0.25) is 0 Å². The van der Waals surface area contributed by atoms with Crippen molar-refractivity contribution < 1.29 is 9.53 Å². The van der Waals surface area contributed by atoms with E-state index in [1.165, 1.54) is 0 Å². The third kappa shape index (κ3) is 4.83. The molecule has 140 valence electrons. The Morgan fingerprint density at radius 2 is 1.96 bits per heavy atom. The van der Waals surface area contributed by atoms with E-state index in [-0.39, 0.29) is 12.5 Å². The second-order valence-electron chi connectivity index (χ2n) is 6.49. The normalized spacial score (nSPS) is 11.9. The number of fused-ring (bicyclic) bond motifs is 1. The first kappa shape index (κ1) is 18.9. The molecule has 27 heavy (non-hydrogen) atoms. The molecule has 0 aliphatic carbocycles. The number of carbonyl (C=O) groups excluding carboxylic acids is 1. The van der Waals surface area contributed by atoms with Gasteiger partial charge in [-0.1, -0.05) is 31.5 Å². The maximum atomic E-state index is 12.7. The molecule has 0 fully saturated rings. The van der Waals surface area contributed by atoms with Crippen LogP contribution in [0.15, 0.2) is 60.9 Å². The first-order valence-corrected chi connectivity index (χ1v) is 9.28. The Morgan fingerprint density at radius 3 is 2.70 bits per heavy atom. The van der Waals surface area contributed by atoms with E-state index >= 15 is 0 Å². The fourth-order valence-corrected chi connectivity index (χ4v) is 2.92. The Morgan fingerprint density at radius 1 is 1.15 bits per heavy atom. The van der Waals surface area contributed by atoms with E-state index in [1.807, 2.05) is 48.5 Å². The van der Waals surface area contributed by atoms with E-state index in [1.54, 1.807) is 12.4 Å². The van der Waals surface area contributed by atoms with Crippen LogP contribution < -0.4 is 15.8 Å². The molecular formula is C22H25N3O2. The zero-order valence-corrected chi connectivity index (χ0v) is 15.5. The highest BCUT2D eigenvalue weighted by atomic mass is 16.5. The molecule has 0 saturated heterocycles. The Balaban J connectivity index is 1.69. The summed E-state index contributed by atoms with van der Waals surface area (Å²) < 4.78 is 5.67. The summed E-state index contributed by atoms with van der Waals surface area (Å²) in [4.78, 5) is 16.8. The van der Waals surface area contributed by atoms with Gasteiger partial charge in [-0.25, -0.2) is 0 Å². The van der Waals surface area contributed by atoms with Crippen LogP contribution in [0.1, 0.15) is 31.2 Å². The molecule has 3 N–H and O–H groups in total. The summed E-state index contributed by atoms with van der Waals surface area (Å²) >= 11 is 0. The van der Waals surface area contributed by atoms with E-state index in [0.717, 1.165) is 40.6 Å². The van der Waals surface area contributed by atoms with E-state index in [4.69, 9.17) is 10.5 Å². The Labute approximate surface area is 159 Å². The van der Waals surface area contributed by atoms with Gasteiger partial charge in [0.1, 0.15) is 5.75 Å². The summed E-state index contributed by atoms with van der Waals surface area (Å²) in [6.45, 7) is 3.07. The number of amides is 1. The van der Waals surface area contributed by atoms with Crippen LogP contribution in [0.3, 0.4) is 0 Å². The topological polar surface area (TPSA) is 77.2 Å². The van der Waals surface area contributed by atoms with Crippen molar-refractivity contribution in [1.29, 1.82) is 0 Å². The first-order chi connectivity index (χ1) is 13.2. The molecule has 0 spiro atoms. The molecule has 1 heterocycles. The van der Waals surface area contributed by atoms with Crippen molar-refractivity contribution in [3.63, 3.8) is 0 Å². The first-order valence-electron chi connectivity index (χ1n) is 9.28. The van der Waals surface area contributed by atoms with Gasteiger partial charge in [0.15, 0.2) is 0 Å². The largest absolute Gasteiger partial charge is 0.494 e. The van der Waals surface area contributed by atoms with Gasteiger partial charge < -0.3 is 15.8 Å². The monoisotopic (exact) mass is 363 g/mol. The molecule has 5 nitrogen and oxygen atoms in total. The lowest BCUT2D eigenvalue weighted by Crippen LogP contribution is -2.27. The van der Waals surface area contributed by atoms with Crippen LogP contribution >= 0.6 is 0 Å². The molecule has 0 aliphatic rings. The summed E-state index contributed by atoms with van der Waals surface area (Å²) in [5.41, 5.74) is 7.51. The number of nitrogens with zero attached hydrogens (tertiary/aromatic N) is 1. The van der Waals surface area contributed by atoms with Crippen molar-refractivity contribution in [3.8, 4) is 5.75 Å². The number of ether oxygens (including phenoxy) is 1. The van der Waals surface area contributed by atoms with Gasteiger partial charge >= 0.3 is 0 Å². The molecule has 3 rings (SSSR count). The molecule has 5 heteroatoms. The molecule has 0 saturated carbocycles. The lowest BCUT2D eigenvalue weighted by molar-refractivity contribution is -0.117. The zero-order chi connectivity index (χ0) is 19.1. The number of rotatable bonds is 8. The van der Waals surface area contributed by atoms with Crippen LogP contribution in [0.5, 0.6) is 5.75 Å². The fraction of sp³-hybridized carbons (Fsp3) is 0.273. The predicted molar refractivity (Wildman–Crippen MR) is 109 cm³/mol. The van der Waals surface area contributed by atoms with E-state index in [0.29, 0.717) is 6.61 Å². The number of pyridine rings is 1. The fourth-order valence-electron chi connectivity index (χ4n) is 2.92. The summed E-state index contributed by atoms with van der Waals surface area (Å²) in [6.07, 6.45) is 5.66. The standard InChI is InChI=1S/C22H25N3O2/c1-2-3-12-27-20-8-5-16(6-9-20)21(14-23)22(26)25-19-7-4-18-15-24-11-10-17(18)13-19/h4-11,13,15,21H,2-3,12,14,23H2,1H3,(H,25,26). The number of hydrogen-bond acceptors (Lipinski definition) is 4. The summed E-state index contributed by atoms with van der Waals surface area (Å²) in [5, 5.41) is 5.03. The van der Waals surface area contributed by atoms with Gasteiger partial charge in [0.25, 0.3) is 0 Å². The van der Waals surface area contributed by atoms with Gasteiger partial charge in [0.05, 0.1) is 12.5 Å². The van der Waals surface area contributed by atoms with Crippen LogP contribution in [-0.2, 0) is 4.79 Å². The minimum absolute atomic E-state index is 0.120. The number of nitrogens with two attached hydrogens (primary N) is 1. The number of carbonyl (C=O) groups is 1. The maximum Gasteiger partial charge on any atom is 0.233 e. The van der Waals surface area contributed by atoms with Crippen molar-refractivity contribution in [1.82, 2.24) is 4.98 Å². The molecule has 1 amide bonds. The molecular weight excluding hydrogens is 338 g/mol. The van der Waals surface area contributed by atoms with Gasteiger partial charge in [-0.05, 0) is 47.7 Å².